The number of nitrogens with zero attached hydrogens (tertiary/aromatic N) is 2. The van der Waals surface area contributed by atoms with E-state index in [0.717, 1.165) is 28.1 Å². The predicted octanol–water partition coefficient (Wildman–Crippen LogP) is 4.18. The molecule has 0 bridgehead atoms. The van der Waals surface area contributed by atoms with Gasteiger partial charge < -0.3 is 9.64 Å². The minimum Gasteiger partial charge on any atom is -0.370 e. The van der Waals surface area contributed by atoms with Crippen LogP contribution in [0.4, 0.5) is 0 Å². The lowest BCUT2D eigenvalue weighted by atomic mass is 10.0. The molecule has 4 rings (SSSR count). The van der Waals surface area contributed by atoms with Crippen molar-refractivity contribution in [1.82, 2.24) is 15.1 Å². The molecule has 1 amide bonds. The monoisotopic (exact) mass is 395 g/mol. The second kappa shape index (κ2) is 8.17. The molecule has 1 aliphatic heterocycles. The van der Waals surface area contributed by atoms with Gasteiger partial charge in [0.15, 0.2) is 0 Å². The molecular formula is C22H22ClN3O2. The molecule has 0 radical (unpaired) electrons. The average Bonchev–Trinajstić information content (AvgIpc) is 3.09. The average molecular weight is 396 g/mol. The van der Waals surface area contributed by atoms with E-state index in [1.54, 1.807) is 0 Å². The number of aryl methyl sites for hydroxylation is 1. The Balaban J connectivity index is 1.51. The van der Waals surface area contributed by atoms with Gasteiger partial charge in [-0.15, -0.1) is 0 Å². The van der Waals surface area contributed by atoms with Gasteiger partial charge >= 0.3 is 0 Å². The number of morpholine rings is 1. The number of H-pyrrole nitrogens is 1. The van der Waals surface area contributed by atoms with Crippen molar-refractivity contribution >= 4 is 17.5 Å². The molecule has 0 saturated carbocycles. The van der Waals surface area contributed by atoms with Gasteiger partial charge in [0, 0.05) is 28.4 Å². The number of nitrogens with one attached hydrogen (secondary N) is 1. The van der Waals surface area contributed by atoms with Crippen molar-refractivity contribution in [3.8, 4) is 11.3 Å². The van der Waals surface area contributed by atoms with Crippen LogP contribution in [0.3, 0.4) is 0 Å². The van der Waals surface area contributed by atoms with Crippen molar-refractivity contribution in [2.45, 2.75) is 19.4 Å². The fourth-order valence-corrected chi connectivity index (χ4v) is 3.65. The maximum atomic E-state index is 13.0. The highest BCUT2D eigenvalue weighted by molar-refractivity contribution is 6.30. The molecule has 1 atom stereocenters. The Morgan fingerprint density at radius 2 is 1.96 bits per heavy atom. The van der Waals surface area contributed by atoms with Gasteiger partial charge in [-0.2, -0.15) is 5.10 Å². The zero-order valence-corrected chi connectivity index (χ0v) is 16.4. The second-order valence-electron chi connectivity index (χ2n) is 6.97. The number of aromatic amines is 1. The maximum absolute atomic E-state index is 13.0. The van der Waals surface area contributed by atoms with Gasteiger partial charge in [-0.25, -0.2) is 0 Å². The number of hydrogen-bond donors (Lipinski definition) is 1. The van der Waals surface area contributed by atoms with Crippen LogP contribution in [-0.4, -0.2) is 40.7 Å². The van der Waals surface area contributed by atoms with Crippen LogP contribution in [0.1, 0.15) is 22.9 Å². The lowest BCUT2D eigenvalue weighted by Crippen LogP contribution is -2.43. The number of hydrogen-bond acceptors (Lipinski definition) is 3. The molecule has 1 aromatic heterocycles. The highest BCUT2D eigenvalue weighted by Gasteiger charge is 2.26. The highest BCUT2D eigenvalue weighted by atomic mass is 35.5. The molecule has 1 fully saturated rings. The Bertz CT molecular complexity index is 954. The molecule has 1 aliphatic rings. The molecule has 144 valence electrons. The van der Waals surface area contributed by atoms with Crippen LogP contribution in [0, 0.1) is 6.92 Å². The normalized spacial score (nSPS) is 16.9. The number of rotatable bonds is 4. The maximum Gasteiger partial charge on any atom is 0.227 e. The van der Waals surface area contributed by atoms with E-state index < -0.39 is 0 Å². The summed E-state index contributed by atoms with van der Waals surface area (Å²) in [5.74, 6) is 0.0870. The van der Waals surface area contributed by atoms with Gasteiger partial charge in [-0.1, -0.05) is 54.1 Å². The summed E-state index contributed by atoms with van der Waals surface area (Å²) in [7, 11) is 0. The van der Waals surface area contributed by atoms with E-state index in [1.807, 2.05) is 66.4 Å². The largest absolute Gasteiger partial charge is 0.370 e. The Morgan fingerprint density at radius 1 is 1.21 bits per heavy atom. The van der Waals surface area contributed by atoms with Gasteiger partial charge in [0.1, 0.15) is 6.10 Å². The summed E-state index contributed by atoms with van der Waals surface area (Å²) in [5.41, 5.74) is 4.68. The number of carbonyl (C=O) groups is 1. The standard InChI is InChI=1S/C22H22ClN3O2/c1-15-19(22(25-24-15)17-7-9-18(23)10-8-17)13-21(27)26-11-12-28-20(14-26)16-5-3-2-4-6-16/h2-10,20H,11-14H2,1H3,(H,24,25)/t20-/m1/s1. The van der Waals surface area contributed by atoms with Crippen LogP contribution in [0.25, 0.3) is 11.3 Å². The lowest BCUT2D eigenvalue weighted by Gasteiger charge is -2.33. The van der Waals surface area contributed by atoms with E-state index in [2.05, 4.69) is 10.2 Å². The Labute approximate surface area is 169 Å². The molecular weight excluding hydrogens is 374 g/mol. The third-order valence-electron chi connectivity index (χ3n) is 5.11. The molecule has 0 spiro atoms. The second-order valence-corrected chi connectivity index (χ2v) is 7.41. The van der Waals surface area contributed by atoms with Crippen LogP contribution in [-0.2, 0) is 16.0 Å². The van der Waals surface area contributed by atoms with Gasteiger partial charge in [-0.3, -0.25) is 9.89 Å². The topological polar surface area (TPSA) is 58.2 Å². The summed E-state index contributed by atoms with van der Waals surface area (Å²) >= 11 is 5.99. The molecule has 2 aromatic carbocycles. The Hall–Kier alpha value is -2.63. The van der Waals surface area contributed by atoms with E-state index in [9.17, 15) is 4.79 Å². The zero-order valence-electron chi connectivity index (χ0n) is 15.7. The van der Waals surface area contributed by atoms with Gasteiger partial charge in [0.25, 0.3) is 0 Å². The van der Waals surface area contributed by atoms with Gasteiger partial charge in [0.2, 0.25) is 5.91 Å². The molecule has 2 heterocycles. The summed E-state index contributed by atoms with van der Waals surface area (Å²) in [6, 6.07) is 17.6. The number of benzene rings is 2. The first kappa shape index (κ1) is 18.7. The molecule has 1 N–H and O–H groups in total. The van der Waals surface area contributed by atoms with Crippen LogP contribution >= 0.6 is 11.6 Å². The summed E-state index contributed by atoms with van der Waals surface area (Å²) in [6.45, 7) is 3.66. The van der Waals surface area contributed by atoms with Crippen molar-refractivity contribution in [1.29, 1.82) is 0 Å². The van der Waals surface area contributed by atoms with Crippen LogP contribution in [0.15, 0.2) is 54.6 Å². The summed E-state index contributed by atoms with van der Waals surface area (Å²) < 4.78 is 5.88. The first-order valence-corrected chi connectivity index (χ1v) is 9.73. The Kier molecular flexibility index (Phi) is 5.46. The summed E-state index contributed by atoms with van der Waals surface area (Å²) in [4.78, 5) is 14.9. The fourth-order valence-electron chi connectivity index (χ4n) is 3.52. The molecule has 5 nitrogen and oxygen atoms in total. The third-order valence-corrected chi connectivity index (χ3v) is 5.36. The SMILES string of the molecule is Cc1[nH]nc(-c2ccc(Cl)cc2)c1CC(=O)N1CCO[C@@H](c2ccccc2)C1. The smallest absolute Gasteiger partial charge is 0.227 e. The van der Waals surface area contributed by atoms with E-state index in [-0.39, 0.29) is 12.0 Å². The zero-order chi connectivity index (χ0) is 19.5. The summed E-state index contributed by atoms with van der Waals surface area (Å²) in [6.07, 6.45) is 0.224. The van der Waals surface area contributed by atoms with Crippen molar-refractivity contribution in [2.24, 2.45) is 0 Å². The van der Waals surface area contributed by atoms with Crippen molar-refractivity contribution in [3.63, 3.8) is 0 Å². The quantitative estimate of drug-likeness (QED) is 0.720. The first-order chi connectivity index (χ1) is 13.6. The van der Waals surface area contributed by atoms with Gasteiger partial charge in [0.05, 0.1) is 25.3 Å². The Morgan fingerprint density at radius 3 is 2.71 bits per heavy atom. The highest BCUT2D eigenvalue weighted by Crippen LogP contribution is 2.27. The number of aromatic nitrogens is 2. The fraction of sp³-hybridized carbons (Fsp3) is 0.273. The van der Waals surface area contributed by atoms with E-state index >= 15 is 0 Å². The molecule has 1 saturated heterocycles. The van der Waals surface area contributed by atoms with Crippen LogP contribution in [0.2, 0.25) is 5.02 Å². The van der Waals surface area contributed by atoms with Crippen molar-refractivity contribution < 1.29 is 9.53 Å². The minimum atomic E-state index is -0.0833. The van der Waals surface area contributed by atoms with E-state index in [1.165, 1.54) is 0 Å². The van der Waals surface area contributed by atoms with E-state index in [0.29, 0.717) is 31.1 Å². The molecule has 6 heteroatoms. The first-order valence-electron chi connectivity index (χ1n) is 9.36. The predicted molar refractivity (Wildman–Crippen MR) is 109 cm³/mol. The van der Waals surface area contributed by atoms with Crippen molar-refractivity contribution in [3.05, 3.63) is 76.4 Å². The van der Waals surface area contributed by atoms with E-state index in [4.69, 9.17) is 16.3 Å². The molecule has 3 aromatic rings. The number of amides is 1. The van der Waals surface area contributed by atoms with Gasteiger partial charge in [-0.05, 0) is 24.6 Å². The van der Waals surface area contributed by atoms with Crippen LogP contribution in [0.5, 0.6) is 0 Å². The number of carbonyl (C=O) groups excluding carboxylic acids is 1. The number of halogens is 1. The molecule has 28 heavy (non-hydrogen) atoms. The lowest BCUT2D eigenvalue weighted by molar-refractivity contribution is -0.138. The number of ether oxygens (including phenoxy) is 1. The molecule has 0 aliphatic carbocycles. The summed E-state index contributed by atoms with van der Waals surface area (Å²) in [5, 5.41) is 8.10. The third kappa shape index (κ3) is 3.96. The van der Waals surface area contributed by atoms with Crippen LogP contribution < -0.4 is 0 Å². The van der Waals surface area contributed by atoms with Crippen molar-refractivity contribution in [2.75, 3.05) is 19.7 Å². The molecule has 0 unspecified atom stereocenters. The minimum absolute atomic E-state index is 0.0833.